The molecule has 0 saturated carbocycles. The molecule has 2 nitrogen and oxygen atoms in total. The van der Waals surface area contributed by atoms with Crippen LogP contribution in [0.25, 0.3) is 0 Å². The highest BCUT2D eigenvalue weighted by molar-refractivity contribution is 8.12. The number of hydrogen-bond acceptors (Lipinski definition) is 1. The van der Waals surface area contributed by atoms with E-state index in [1.165, 1.54) is 21.7 Å². The summed E-state index contributed by atoms with van der Waals surface area (Å²) in [7, 11) is -0.970. The summed E-state index contributed by atoms with van der Waals surface area (Å²) in [4.78, 5) is 15.3. The van der Waals surface area contributed by atoms with Crippen LogP contribution in [0.5, 0.6) is 0 Å². The van der Waals surface area contributed by atoms with Crippen LogP contribution in [0.2, 0.25) is 0 Å². The largest absolute Gasteiger partial charge is 0.321 e. The van der Waals surface area contributed by atoms with Crippen molar-refractivity contribution in [1.82, 2.24) is 0 Å². The van der Waals surface area contributed by atoms with Crippen molar-refractivity contribution in [2.24, 2.45) is 0 Å². The van der Waals surface area contributed by atoms with E-state index in [4.69, 9.17) is 0 Å². The van der Waals surface area contributed by atoms with E-state index in [-0.39, 0.29) is 17.5 Å². The molecular weight excluding hydrogens is 548 g/mol. The molecule has 1 amide bonds. The van der Waals surface area contributed by atoms with Crippen molar-refractivity contribution in [3.8, 4) is 0 Å². The van der Waals surface area contributed by atoms with Gasteiger partial charge in [0.2, 0.25) is 0 Å². The molecule has 0 fully saturated rings. The number of anilines is 1. The Morgan fingerprint density at radius 2 is 0.952 bits per heavy atom. The van der Waals surface area contributed by atoms with Gasteiger partial charge in [-0.2, -0.15) is 0 Å². The van der Waals surface area contributed by atoms with E-state index in [9.17, 15) is 0 Å². The monoisotopic (exact) mass is 587 g/mol. The summed E-state index contributed by atoms with van der Waals surface area (Å²) in [6, 6.07) is 48.6. The zero-order valence-corrected chi connectivity index (χ0v) is 26.6. The summed E-state index contributed by atoms with van der Waals surface area (Å²) in [6.07, 6.45) is 0. The molecule has 0 aliphatic rings. The zero-order chi connectivity index (χ0) is 29.5. The van der Waals surface area contributed by atoms with Crippen LogP contribution < -0.4 is 26.5 Å². The maximum absolute atomic E-state index is 15.3. The number of rotatable bonds is 9. The molecule has 0 saturated heterocycles. The third kappa shape index (κ3) is 6.22. The van der Waals surface area contributed by atoms with E-state index in [1.807, 2.05) is 12.1 Å². The fourth-order valence-electron chi connectivity index (χ4n) is 5.42. The highest BCUT2D eigenvalue weighted by Crippen LogP contribution is 2.53. The van der Waals surface area contributed by atoms with Gasteiger partial charge in [0, 0.05) is 12.6 Å². The Labute approximate surface area is 252 Å². The quantitative estimate of drug-likeness (QED) is 0.171. The van der Waals surface area contributed by atoms with Crippen LogP contribution >= 0.6 is 14.8 Å². The van der Waals surface area contributed by atoms with E-state index in [1.54, 1.807) is 0 Å². The third-order valence-corrected chi connectivity index (χ3v) is 14.6. The average molecular weight is 588 g/mol. The van der Waals surface area contributed by atoms with Gasteiger partial charge in [-0.05, 0) is 57.6 Å². The highest BCUT2D eigenvalue weighted by Gasteiger charge is 2.34. The van der Waals surface area contributed by atoms with Gasteiger partial charge in [-0.25, -0.2) is 0 Å². The summed E-state index contributed by atoms with van der Waals surface area (Å²) in [5.74, 6) is 0.546. The lowest BCUT2D eigenvalue weighted by atomic mass is 9.93. The molecule has 5 aromatic carbocycles. The predicted molar refractivity (Wildman–Crippen MR) is 188 cm³/mol. The van der Waals surface area contributed by atoms with Crippen molar-refractivity contribution in [3.05, 3.63) is 151 Å². The average Bonchev–Trinajstić information content (AvgIpc) is 3.03. The molecule has 5 aromatic rings. The summed E-state index contributed by atoms with van der Waals surface area (Å²) in [6.45, 7) is 6.00. The maximum atomic E-state index is 15.3. The third-order valence-electron chi connectivity index (χ3n) is 7.61. The van der Waals surface area contributed by atoms with Gasteiger partial charge in [0.15, 0.2) is 0 Å². The van der Waals surface area contributed by atoms with E-state index < -0.39 is 14.8 Å². The first-order valence-electron chi connectivity index (χ1n) is 14.6. The minimum Gasteiger partial charge on any atom is -0.321 e. The highest BCUT2D eigenvalue weighted by atomic mass is 31.2. The van der Waals surface area contributed by atoms with Gasteiger partial charge in [-0.1, -0.05) is 167 Å². The molecule has 5 rings (SSSR count). The second-order valence-corrected chi connectivity index (χ2v) is 16.7. The smallest absolute Gasteiger partial charge is 0.253 e. The van der Waals surface area contributed by atoms with Crippen LogP contribution in [0.4, 0.5) is 10.5 Å². The van der Waals surface area contributed by atoms with Gasteiger partial charge in [0.05, 0.1) is 0 Å². The van der Waals surface area contributed by atoms with Gasteiger partial charge in [-0.15, -0.1) is 0 Å². The lowest BCUT2D eigenvalue weighted by Gasteiger charge is -2.31. The van der Waals surface area contributed by atoms with Crippen molar-refractivity contribution in [2.45, 2.75) is 39.5 Å². The first-order chi connectivity index (χ1) is 20.4. The molecule has 0 spiro atoms. The normalized spacial score (nSPS) is 11.6. The van der Waals surface area contributed by atoms with Crippen molar-refractivity contribution in [2.75, 3.05) is 5.32 Å². The van der Waals surface area contributed by atoms with E-state index >= 15 is 4.79 Å². The van der Waals surface area contributed by atoms with Crippen LogP contribution in [0.15, 0.2) is 140 Å². The zero-order valence-electron chi connectivity index (χ0n) is 24.8. The van der Waals surface area contributed by atoms with Crippen molar-refractivity contribution in [1.29, 1.82) is 0 Å². The Morgan fingerprint density at radius 3 is 1.33 bits per heavy atom. The number of carbonyl (C=O) groups excluding carboxylic acids is 1. The molecule has 212 valence electrons. The molecule has 0 aliphatic carbocycles. The van der Waals surface area contributed by atoms with Crippen molar-refractivity contribution in [3.63, 3.8) is 0 Å². The van der Waals surface area contributed by atoms with Crippen LogP contribution in [0.3, 0.4) is 0 Å². The Hall–Kier alpha value is -3.70. The molecule has 0 aromatic heterocycles. The van der Waals surface area contributed by atoms with Gasteiger partial charge in [-0.3, -0.25) is 4.79 Å². The molecule has 0 atom stereocenters. The predicted octanol–water partition coefficient (Wildman–Crippen LogP) is 9.03. The standard InChI is InChI=1S/C38H39NOP2/c1-29(2)35-26-17-27-36(30(3)4)37(35)39-38(40)42(33-22-13-7-14-23-33,34-24-15-8-16-25-34)28-41(31-18-9-5-10-19-31)32-20-11-6-12-21-32/h5-30H,1-4H3,(H,39,40). The number of benzene rings is 5. The van der Waals surface area contributed by atoms with Crippen LogP contribution in [0.1, 0.15) is 50.7 Å². The Bertz CT molecular complexity index is 1560. The van der Waals surface area contributed by atoms with Crippen molar-refractivity contribution < 1.29 is 4.79 Å². The van der Waals surface area contributed by atoms with Crippen LogP contribution in [-0.2, 0) is 0 Å². The van der Waals surface area contributed by atoms with Gasteiger partial charge >= 0.3 is 0 Å². The van der Waals surface area contributed by atoms with Gasteiger partial charge in [0.25, 0.3) is 5.65 Å². The van der Waals surface area contributed by atoms with E-state index in [2.05, 4.69) is 166 Å². The Morgan fingerprint density at radius 1 is 0.571 bits per heavy atom. The van der Waals surface area contributed by atoms with E-state index in [0.29, 0.717) is 0 Å². The lowest BCUT2D eigenvalue weighted by Crippen LogP contribution is -2.29. The van der Waals surface area contributed by atoms with Gasteiger partial charge < -0.3 is 5.32 Å². The van der Waals surface area contributed by atoms with Crippen LogP contribution in [0, 0.1) is 0 Å². The topological polar surface area (TPSA) is 29.1 Å². The number of carbonyl (C=O) groups is 1. The first-order valence-corrected chi connectivity index (χ1v) is 17.9. The van der Waals surface area contributed by atoms with Crippen molar-refractivity contribution >= 4 is 52.9 Å². The summed E-state index contributed by atoms with van der Waals surface area (Å²) in [5.41, 5.74) is 5.79. The second kappa shape index (κ2) is 13.5. The fourth-order valence-corrected chi connectivity index (χ4v) is 13.0. The first kappa shape index (κ1) is 29.8. The van der Waals surface area contributed by atoms with E-state index in [0.717, 1.165) is 16.3 Å². The summed E-state index contributed by atoms with van der Waals surface area (Å²) < 4.78 is 0. The molecular formula is C38H39NOP2. The van der Waals surface area contributed by atoms with Crippen LogP contribution in [-0.4, -0.2) is 11.2 Å². The number of nitrogens with one attached hydrogen (secondary N) is 1. The Balaban J connectivity index is 1.84. The van der Waals surface area contributed by atoms with Gasteiger partial charge in [0.1, 0.15) is 0 Å². The molecule has 0 heterocycles. The number of para-hydroxylation sites is 1. The molecule has 42 heavy (non-hydrogen) atoms. The summed E-state index contributed by atoms with van der Waals surface area (Å²) >= 11 is 0. The molecule has 1 N–H and O–H groups in total. The Kier molecular flexibility index (Phi) is 9.58. The molecule has 0 aliphatic heterocycles. The number of amides is 1. The minimum absolute atomic E-state index is 0.0641. The molecule has 0 bridgehead atoms. The minimum atomic E-state index is -2.79. The molecule has 0 unspecified atom stereocenters. The SMILES string of the molecule is CC(C)c1cccc(C(C)C)c1NC(=O)P(=CP(c1ccccc1)c1ccccc1)(c1ccccc1)c1ccccc1. The fraction of sp³-hybridized carbons (Fsp3) is 0.158. The molecule has 4 heteroatoms. The molecule has 0 radical (unpaired) electrons. The number of hydrogen-bond donors (Lipinski definition) is 1. The second-order valence-electron chi connectivity index (χ2n) is 11.1. The lowest BCUT2D eigenvalue weighted by molar-refractivity contribution is 0.269. The maximum Gasteiger partial charge on any atom is 0.253 e. The summed E-state index contributed by atoms with van der Waals surface area (Å²) in [5, 5.41) is 8.15.